The van der Waals surface area contributed by atoms with E-state index in [9.17, 15) is 15.2 Å². The van der Waals surface area contributed by atoms with Crippen molar-refractivity contribution in [3.05, 3.63) is 81.2 Å². The van der Waals surface area contributed by atoms with Gasteiger partial charge in [0.25, 0.3) is 0 Å². The van der Waals surface area contributed by atoms with E-state index in [1.165, 1.54) is 13.2 Å². The van der Waals surface area contributed by atoms with Crippen LogP contribution in [0.2, 0.25) is 10.0 Å². The minimum absolute atomic E-state index is 0.0379. The fourth-order valence-corrected chi connectivity index (χ4v) is 9.96. The molecule has 0 spiro atoms. The molecule has 2 saturated carbocycles. The highest BCUT2D eigenvalue weighted by Gasteiger charge is 2.53. The van der Waals surface area contributed by atoms with Crippen LogP contribution in [0.1, 0.15) is 74.2 Å². The second-order valence-electron chi connectivity index (χ2n) is 15.9. The third-order valence-corrected chi connectivity index (χ3v) is 13.2. The standard InChI is InChI=1S/C43H42Cl2F2N6O5/c1-20(54)39-26-14-30(31-15-34(58-33-16-35(57-3)50-18-28(33)46)32(19-56-2)52(31)43(55)21-9-10-21)53(41-23-13-29(41)49-17-23)42(26)25-12-22(6-5-11-48)36(38(47)40(25)51-39)24-7-4-8-27(44)37(24)45/h4,7-8,12,14,16,18,20-21,23,29,31-32,34,41,49,54H,5-6,9-10,13,15,17,19H2,1-3H3/t20-,23-,29-,31-,32-,34+,41+/m1/s1. The first-order valence-electron chi connectivity index (χ1n) is 19.6. The quantitative estimate of drug-likeness (QED) is 0.128. The molecule has 15 heteroatoms. The van der Waals surface area contributed by atoms with Gasteiger partial charge >= 0.3 is 0 Å². The van der Waals surface area contributed by atoms with Crippen LogP contribution in [0, 0.1) is 34.8 Å². The Labute approximate surface area is 343 Å². The first kappa shape index (κ1) is 38.9. The van der Waals surface area contributed by atoms with Crippen LogP contribution < -0.4 is 14.8 Å². The Kier molecular flexibility index (Phi) is 10.2. The van der Waals surface area contributed by atoms with E-state index in [0.29, 0.717) is 27.4 Å². The first-order valence-corrected chi connectivity index (χ1v) is 20.4. The number of halogens is 4. The molecule has 6 heterocycles. The van der Waals surface area contributed by atoms with Crippen LogP contribution in [0.4, 0.5) is 8.78 Å². The number of methoxy groups -OCH3 is 2. The number of aromatic nitrogens is 3. The van der Waals surface area contributed by atoms with E-state index in [0.717, 1.165) is 37.7 Å². The van der Waals surface area contributed by atoms with Gasteiger partial charge in [-0.3, -0.25) is 4.79 Å². The summed E-state index contributed by atoms with van der Waals surface area (Å²) in [6.45, 7) is 2.52. The van der Waals surface area contributed by atoms with E-state index >= 15 is 8.78 Å². The van der Waals surface area contributed by atoms with Gasteiger partial charge in [0.1, 0.15) is 11.6 Å². The van der Waals surface area contributed by atoms with Crippen molar-refractivity contribution >= 4 is 50.9 Å². The van der Waals surface area contributed by atoms with Gasteiger partial charge in [-0.05, 0) is 62.3 Å². The minimum atomic E-state index is -1.10. The average molecular weight is 832 g/mol. The van der Waals surface area contributed by atoms with Crippen molar-refractivity contribution in [1.29, 1.82) is 5.26 Å². The lowest BCUT2D eigenvalue weighted by atomic mass is 9.79. The van der Waals surface area contributed by atoms with Crippen molar-refractivity contribution in [2.45, 2.75) is 81.8 Å². The van der Waals surface area contributed by atoms with Crippen LogP contribution >= 0.6 is 23.2 Å². The molecule has 5 aliphatic rings. The fourth-order valence-electron chi connectivity index (χ4n) is 9.56. The van der Waals surface area contributed by atoms with Gasteiger partial charge in [0.15, 0.2) is 17.4 Å². The molecule has 58 heavy (non-hydrogen) atoms. The zero-order valence-corrected chi connectivity index (χ0v) is 33.7. The number of benzene rings is 2. The Morgan fingerprint density at radius 1 is 1.16 bits per heavy atom. The van der Waals surface area contributed by atoms with E-state index < -0.39 is 35.9 Å². The number of nitrogens with zero attached hydrogens (tertiary/aromatic N) is 5. The predicted octanol–water partition coefficient (Wildman–Crippen LogP) is 8.03. The SMILES string of the molecule is COC[C@@H]1[C@@H](Oc2cc(OC)ncc2F)C[C@H](c2cc3c([C@@H](C)O)nc4c(F)c(-c5cccc(Cl)c5Cl)c(CCC#N)cc4c3n2[C@H]2[C@H]3CN[C@@H]2C3)N1C(=O)C1CC1. The summed E-state index contributed by atoms with van der Waals surface area (Å²) in [5.41, 5.74) is 2.90. The number of aryl methyl sites for hydroxylation is 1. The predicted molar refractivity (Wildman–Crippen MR) is 214 cm³/mol. The number of carbonyl (C=O) groups excluding carboxylic acids is 1. The molecule has 11 nitrogen and oxygen atoms in total. The second-order valence-corrected chi connectivity index (χ2v) is 16.6. The van der Waals surface area contributed by atoms with E-state index in [-0.39, 0.29) is 94.1 Å². The summed E-state index contributed by atoms with van der Waals surface area (Å²) in [5, 5.41) is 26.3. The maximum atomic E-state index is 17.5. The highest BCUT2D eigenvalue weighted by atomic mass is 35.5. The van der Waals surface area contributed by atoms with Gasteiger partial charge in [-0.25, -0.2) is 18.7 Å². The van der Waals surface area contributed by atoms with Crippen LogP contribution in [0.5, 0.6) is 11.6 Å². The summed E-state index contributed by atoms with van der Waals surface area (Å²) in [5.74, 6) is -1.14. The van der Waals surface area contributed by atoms with Gasteiger partial charge in [-0.2, -0.15) is 5.26 Å². The number of amides is 1. The van der Waals surface area contributed by atoms with Crippen LogP contribution in [-0.4, -0.2) is 76.0 Å². The van der Waals surface area contributed by atoms with Gasteiger partial charge < -0.3 is 34.1 Å². The summed E-state index contributed by atoms with van der Waals surface area (Å²) in [4.78, 5) is 25.2. The van der Waals surface area contributed by atoms with E-state index in [2.05, 4.69) is 20.9 Å². The Bertz CT molecular complexity index is 2490. The maximum absolute atomic E-state index is 17.5. The summed E-state index contributed by atoms with van der Waals surface area (Å²) in [7, 11) is 3.00. The summed E-state index contributed by atoms with van der Waals surface area (Å²) < 4.78 is 52.5. The van der Waals surface area contributed by atoms with Crippen LogP contribution in [0.15, 0.2) is 42.6 Å². The van der Waals surface area contributed by atoms with Gasteiger partial charge in [-0.1, -0.05) is 35.3 Å². The monoisotopic (exact) mass is 830 g/mol. The molecule has 5 fully saturated rings. The molecule has 5 aromatic rings. The zero-order chi connectivity index (χ0) is 40.6. The van der Waals surface area contributed by atoms with Crippen LogP contribution in [0.3, 0.4) is 0 Å². The molecular weight excluding hydrogens is 789 g/mol. The van der Waals surface area contributed by atoms with E-state index in [1.807, 2.05) is 17.0 Å². The number of aliphatic hydroxyl groups is 1. The molecule has 2 aromatic carbocycles. The lowest BCUT2D eigenvalue weighted by Crippen LogP contribution is -2.46. The van der Waals surface area contributed by atoms with Gasteiger partial charge in [-0.15, -0.1) is 0 Å². The maximum Gasteiger partial charge on any atom is 0.226 e. The summed E-state index contributed by atoms with van der Waals surface area (Å²) >= 11 is 13.2. The van der Waals surface area contributed by atoms with Gasteiger partial charge in [0, 0.05) is 72.1 Å². The van der Waals surface area contributed by atoms with Crippen molar-refractivity contribution in [2.75, 3.05) is 27.4 Å². The number of hydrogen-bond donors (Lipinski definition) is 2. The molecule has 1 amide bonds. The van der Waals surface area contributed by atoms with Crippen molar-refractivity contribution in [3.63, 3.8) is 0 Å². The normalized spacial score (nSPS) is 24.3. The number of rotatable bonds is 12. The largest absolute Gasteiger partial charge is 0.485 e. The number of likely N-dealkylation sites (tertiary alicyclic amines) is 1. The zero-order valence-electron chi connectivity index (χ0n) is 32.1. The smallest absolute Gasteiger partial charge is 0.226 e. The third kappa shape index (κ3) is 6.36. The number of nitrogens with one attached hydrogen (secondary N) is 1. The topological polar surface area (TPSA) is 135 Å². The molecule has 0 radical (unpaired) electrons. The average Bonchev–Trinajstić information content (AvgIpc) is 3.46. The van der Waals surface area contributed by atoms with E-state index in [1.54, 1.807) is 32.2 Å². The lowest BCUT2D eigenvalue weighted by Gasteiger charge is -2.40. The lowest BCUT2D eigenvalue weighted by molar-refractivity contribution is -0.137. The number of pyridine rings is 2. The fraction of sp³-hybridized carbons (Fsp3) is 0.442. The van der Waals surface area contributed by atoms with Crippen molar-refractivity contribution in [1.82, 2.24) is 24.8 Å². The number of hydrogen-bond acceptors (Lipinski definition) is 9. The Balaban J connectivity index is 1.30. The van der Waals surface area contributed by atoms with Crippen molar-refractivity contribution in [3.8, 4) is 28.8 Å². The number of fused-ring (bicyclic) bond motifs is 4. The molecule has 2 N–H and O–H groups in total. The van der Waals surface area contributed by atoms with E-state index in [4.69, 9.17) is 42.4 Å². The van der Waals surface area contributed by atoms with Gasteiger partial charge in [0.05, 0.1) is 71.5 Å². The molecular formula is C43H42Cl2F2N6O5. The number of nitriles is 1. The Hall–Kier alpha value is -4.58. The number of aliphatic hydroxyl groups excluding tert-OH is 1. The molecule has 3 aliphatic heterocycles. The third-order valence-electron chi connectivity index (χ3n) is 12.4. The molecule has 3 aromatic heterocycles. The molecule has 10 rings (SSSR count). The highest BCUT2D eigenvalue weighted by molar-refractivity contribution is 6.43. The Morgan fingerprint density at radius 2 is 1.97 bits per heavy atom. The van der Waals surface area contributed by atoms with Gasteiger partial charge in [0.2, 0.25) is 11.8 Å². The first-order chi connectivity index (χ1) is 28.0. The molecule has 302 valence electrons. The van der Waals surface area contributed by atoms with Crippen molar-refractivity contribution in [2.24, 2.45) is 11.8 Å². The molecule has 3 saturated heterocycles. The molecule has 2 aliphatic carbocycles. The highest BCUT2D eigenvalue weighted by Crippen LogP contribution is 2.52. The minimum Gasteiger partial charge on any atom is -0.485 e. The Morgan fingerprint density at radius 3 is 2.64 bits per heavy atom. The number of ether oxygens (including phenoxy) is 3. The summed E-state index contributed by atoms with van der Waals surface area (Å²) in [6.07, 6.45) is 2.35. The molecule has 7 atom stereocenters. The number of carbonyl (C=O) groups is 1. The summed E-state index contributed by atoms with van der Waals surface area (Å²) in [6, 6.07) is 11.4. The second kappa shape index (κ2) is 15.2. The molecule has 0 unspecified atom stereocenters. The molecule has 2 bridgehead atoms. The van der Waals surface area contributed by atoms with Crippen LogP contribution in [0.25, 0.3) is 32.9 Å². The van der Waals surface area contributed by atoms with Crippen molar-refractivity contribution < 1.29 is 32.9 Å². The van der Waals surface area contributed by atoms with Crippen LogP contribution in [-0.2, 0) is 16.0 Å².